The van der Waals surface area contributed by atoms with Gasteiger partial charge >= 0.3 is 5.97 Å². The third kappa shape index (κ3) is 4.80. The fraction of sp³-hybridized carbons (Fsp3) is 0.179. The number of nitrogens with one attached hydrogen (secondary N) is 1. The van der Waals surface area contributed by atoms with Gasteiger partial charge in [0.05, 0.1) is 7.11 Å². The molecule has 1 aromatic heterocycles. The number of fused-ring (bicyclic) bond motifs is 1. The maximum atomic E-state index is 13.4. The second-order valence-electron chi connectivity index (χ2n) is 8.26. The van der Waals surface area contributed by atoms with Crippen molar-refractivity contribution in [1.82, 2.24) is 4.57 Å². The van der Waals surface area contributed by atoms with Gasteiger partial charge in [-0.15, -0.1) is 0 Å². The lowest BCUT2D eigenvalue weighted by molar-refractivity contribution is -0.123. The van der Waals surface area contributed by atoms with E-state index in [-0.39, 0.29) is 11.3 Å². The Morgan fingerprint density at radius 1 is 0.914 bits per heavy atom. The van der Waals surface area contributed by atoms with Gasteiger partial charge in [0, 0.05) is 23.7 Å². The third-order valence-corrected chi connectivity index (χ3v) is 5.85. The Morgan fingerprint density at radius 3 is 2.17 bits per heavy atom. The molecule has 0 aliphatic rings. The molecule has 7 heteroatoms. The van der Waals surface area contributed by atoms with E-state index in [1.54, 1.807) is 43.5 Å². The van der Waals surface area contributed by atoms with Crippen molar-refractivity contribution in [2.24, 2.45) is 7.05 Å². The number of hydrogen-bond donors (Lipinski definition) is 1. The highest BCUT2D eigenvalue weighted by atomic mass is 16.5. The lowest BCUT2D eigenvalue weighted by Crippen LogP contribution is -2.32. The fourth-order valence-electron chi connectivity index (χ4n) is 3.90. The van der Waals surface area contributed by atoms with Crippen LogP contribution in [-0.4, -0.2) is 29.7 Å². The van der Waals surface area contributed by atoms with Crippen LogP contribution in [0.2, 0.25) is 0 Å². The molecule has 1 N–H and O–H groups in total. The summed E-state index contributed by atoms with van der Waals surface area (Å²) in [5, 5.41) is 3.85. The largest absolute Gasteiger partial charge is 0.497 e. The van der Waals surface area contributed by atoms with E-state index in [0.29, 0.717) is 27.8 Å². The molecule has 35 heavy (non-hydrogen) atoms. The second kappa shape index (κ2) is 9.85. The lowest BCUT2D eigenvalue weighted by Gasteiger charge is -2.19. The number of aryl methyl sites for hydroxylation is 1. The van der Waals surface area contributed by atoms with Gasteiger partial charge in [-0.05, 0) is 55.1 Å². The summed E-state index contributed by atoms with van der Waals surface area (Å²) in [4.78, 5) is 39.2. The van der Waals surface area contributed by atoms with E-state index in [9.17, 15) is 14.4 Å². The minimum Gasteiger partial charge on any atom is -0.497 e. The van der Waals surface area contributed by atoms with Gasteiger partial charge in [-0.3, -0.25) is 9.59 Å². The maximum absolute atomic E-state index is 13.4. The molecule has 178 valence electrons. The summed E-state index contributed by atoms with van der Waals surface area (Å²) >= 11 is 0. The van der Waals surface area contributed by atoms with Crippen LogP contribution in [0, 0.1) is 6.92 Å². The van der Waals surface area contributed by atoms with Crippen LogP contribution in [-0.2, 0) is 16.6 Å². The smallest absolute Gasteiger partial charge is 0.356 e. The minimum atomic E-state index is -1.10. The van der Waals surface area contributed by atoms with Crippen molar-refractivity contribution in [2.45, 2.75) is 20.0 Å². The monoisotopic (exact) mass is 470 g/mol. The molecule has 1 atom stereocenters. The van der Waals surface area contributed by atoms with E-state index < -0.39 is 18.0 Å². The molecule has 4 rings (SSSR count). The van der Waals surface area contributed by atoms with Crippen molar-refractivity contribution in [2.75, 3.05) is 12.4 Å². The molecule has 0 bridgehead atoms. The predicted octanol–water partition coefficient (Wildman–Crippen LogP) is 4.71. The molecule has 1 heterocycles. The van der Waals surface area contributed by atoms with Crippen LogP contribution >= 0.6 is 0 Å². The Kier molecular flexibility index (Phi) is 6.68. The summed E-state index contributed by atoms with van der Waals surface area (Å²) in [7, 11) is 3.09. The molecule has 1 unspecified atom stereocenters. The van der Waals surface area contributed by atoms with E-state index in [0.717, 1.165) is 11.1 Å². The number of rotatable bonds is 6. The van der Waals surface area contributed by atoms with Gasteiger partial charge in [0.25, 0.3) is 11.5 Å². The number of pyridine rings is 1. The van der Waals surface area contributed by atoms with Crippen LogP contribution in [0.5, 0.6) is 5.75 Å². The first kappa shape index (κ1) is 23.8. The van der Waals surface area contributed by atoms with Gasteiger partial charge in [-0.2, -0.15) is 0 Å². The van der Waals surface area contributed by atoms with Gasteiger partial charge < -0.3 is 19.4 Å². The van der Waals surface area contributed by atoms with Crippen LogP contribution < -0.4 is 15.6 Å². The third-order valence-electron chi connectivity index (χ3n) is 5.85. The number of aromatic nitrogens is 1. The topological polar surface area (TPSA) is 86.6 Å². The van der Waals surface area contributed by atoms with Crippen LogP contribution in [0.25, 0.3) is 21.9 Å². The second-order valence-corrected chi connectivity index (χ2v) is 8.26. The Balaban J connectivity index is 1.70. The summed E-state index contributed by atoms with van der Waals surface area (Å²) in [6, 6.07) is 21.6. The first-order valence-corrected chi connectivity index (χ1v) is 11.1. The van der Waals surface area contributed by atoms with Crippen molar-refractivity contribution in [3.8, 4) is 16.9 Å². The summed E-state index contributed by atoms with van der Waals surface area (Å²) in [6.45, 7) is 3.46. The number of hydrogen-bond acceptors (Lipinski definition) is 5. The van der Waals surface area contributed by atoms with E-state index in [2.05, 4.69) is 5.32 Å². The van der Waals surface area contributed by atoms with Crippen LogP contribution in [0.15, 0.2) is 77.6 Å². The molecule has 0 fully saturated rings. The van der Waals surface area contributed by atoms with Gasteiger partial charge in [-0.1, -0.05) is 48.0 Å². The van der Waals surface area contributed by atoms with Crippen molar-refractivity contribution < 1.29 is 19.1 Å². The Bertz CT molecular complexity index is 1450. The number of benzene rings is 3. The number of methoxy groups -OCH3 is 1. The summed E-state index contributed by atoms with van der Waals surface area (Å²) in [5.41, 5.74) is 2.72. The molecular formula is C28H26N2O5. The first-order valence-electron chi connectivity index (χ1n) is 11.1. The molecule has 3 aromatic carbocycles. The maximum Gasteiger partial charge on any atom is 0.356 e. The van der Waals surface area contributed by atoms with E-state index in [4.69, 9.17) is 9.47 Å². The Morgan fingerprint density at radius 2 is 1.54 bits per heavy atom. The summed E-state index contributed by atoms with van der Waals surface area (Å²) in [6.07, 6.45) is -1.10. The highest BCUT2D eigenvalue weighted by molar-refractivity contribution is 6.07. The number of nitrogens with zero attached hydrogens (tertiary/aromatic N) is 1. The first-order chi connectivity index (χ1) is 16.8. The molecule has 0 aliphatic carbocycles. The van der Waals surface area contributed by atoms with Gasteiger partial charge in [0.2, 0.25) is 0 Å². The SMILES string of the molecule is COc1ccc(NC(=O)C(C)OC(=O)c2c(-c3ccc(C)cc3)c3ccccc3c(=O)n2C)cc1. The van der Waals surface area contributed by atoms with E-state index in [1.807, 2.05) is 43.3 Å². The number of carbonyl (C=O) groups excluding carboxylic acids is 2. The number of esters is 1. The summed E-state index contributed by atoms with van der Waals surface area (Å²) < 4.78 is 12.0. The molecule has 7 nitrogen and oxygen atoms in total. The van der Waals surface area contributed by atoms with E-state index >= 15 is 0 Å². The average Bonchev–Trinajstić information content (AvgIpc) is 2.87. The zero-order valence-corrected chi connectivity index (χ0v) is 20.0. The highest BCUT2D eigenvalue weighted by Crippen LogP contribution is 2.31. The molecule has 0 saturated heterocycles. The Hall–Kier alpha value is -4.39. The molecule has 0 saturated carbocycles. The van der Waals surface area contributed by atoms with Gasteiger partial charge in [0.1, 0.15) is 11.4 Å². The molecule has 4 aromatic rings. The number of anilines is 1. The van der Waals surface area contributed by atoms with Crippen LogP contribution in [0.4, 0.5) is 5.69 Å². The van der Waals surface area contributed by atoms with Crippen molar-refractivity contribution in [3.63, 3.8) is 0 Å². The molecule has 0 aliphatic heterocycles. The highest BCUT2D eigenvalue weighted by Gasteiger charge is 2.26. The summed E-state index contributed by atoms with van der Waals surface area (Å²) in [5.74, 6) is -0.599. The van der Waals surface area contributed by atoms with E-state index in [1.165, 1.54) is 18.5 Å². The zero-order chi connectivity index (χ0) is 25.1. The zero-order valence-electron chi connectivity index (χ0n) is 20.0. The van der Waals surface area contributed by atoms with Crippen LogP contribution in [0.3, 0.4) is 0 Å². The van der Waals surface area contributed by atoms with Gasteiger partial charge in [0.15, 0.2) is 6.10 Å². The standard InChI is InChI=1S/C28H26N2O5/c1-17-9-11-19(12-10-17)24-22-7-5-6-8-23(22)27(32)30(3)25(24)28(33)35-18(2)26(31)29-20-13-15-21(34-4)16-14-20/h5-16,18H,1-4H3,(H,29,31). The lowest BCUT2D eigenvalue weighted by atomic mass is 9.96. The van der Waals surface area contributed by atoms with Crippen molar-refractivity contribution >= 4 is 28.3 Å². The minimum absolute atomic E-state index is 0.0849. The number of carbonyl (C=O) groups is 2. The van der Waals surface area contributed by atoms with Crippen molar-refractivity contribution in [3.05, 3.63) is 94.4 Å². The number of amides is 1. The fourth-order valence-corrected chi connectivity index (χ4v) is 3.90. The average molecular weight is 471 g/mol. The van der Waals surface area contributed by atoms with Crippen LogP contribution in [0.1, 0.15) is 23.0 Å². The van der Waals surface area contributed by atoms with Crippen molar-refractivity contribution in [1.29, 1.82) is 0 Å². The molecule has 0 spiro atoms. The Labute approximate surface area is 202 Å². The molecule has 0 radical (unpaired) electrons. The normalized spacial score (nSPS) is 11.7. The quantitative estimate of drug-likeness (QED) is 0.413. The molecule has 1 amide bonds. The predicted molar refractivity (Wildman–Crippen MR) is 136 cm³/mol. The van der Waals surface area contributed by atoms with Gasteiger partial charge in [-0.25, -0.2) is 4.79 Å². The number of ether oxygens (including phenoxy) is 2. The molecular weight excluding hydrogens is 444 g/mol.